The van der Waals surface area contributed by atoms with Crippen LogP contribution in [0, 0.1) is 0 Å². The molecule has 2 radical (unpaired) electrons. The van der Waals surface area contributed by atoms with Gasteiger partial charge in [-0.15, -0.1) is 0 Å². The standard InChI is InChI=1S/2C6H15Ge/c2*1-4-7(5-2)6-3/h2*4-6H2,1-3H3. The van der Waals surface area contributed by atoms with Gasteiger partial charge >= 0.3 is 102 Å². The first-order valence-corrected chi connectivity index (χ1v) is 15.3. The van der Waals surface area contributed by atoms with Crippen molar-refractivity contribution in [1.82, 2.24) is 0 Å². The summed E-state index contributed by atoms with van der Waals surface area (Å²) in [6.07, 6.45) is 0. The summed E-state index contributed by atoms with van der Waals surface area (Å²) in [6.45, 7) is 14.0. The number of hydrogen-bond acceptors (Lipinski definition) is 0. The van der Waals surface area contributed by atoms with Gasteiger partial charge in [-0.05, 0) is 0 Å². The van der Waals surface area contributed by atoms with E-state index in [1.165, 1.54) is 31.5 Å². The molecule has 0 aliphatic carbocycles. The zero-order chi connectivity index (χ0) is 11.4. The third-order valence-electron chi connectivity index (χ3n) is 3.00. The molecule has 0 spiro atoms. The van der Waals surface area contributed by atoms with Crippen LogP contribution in [0.4, 0.5) is 0 Å². The van der Waals surface area contributed by atoms with E-state index >= 15 is 0 Å². The molecule has 0 rings (SSSR count). The zero-order valence-electron chi connectivity index (χ0n) is 11.2. The number of hydrogen-bond donors (Lipinski definition) is 0. The molecule has 0 N–H and O–H groups in total. The average Bonchev–Trinajstić information content (AvgIpc) is 2.24. The summed E-state index contributed by atoms with van der Waals surface area (Å²) >= 11 is -0.806. The Bertz CT molecular complexity index is 63.3. The van der Waals surface area contributed by atoms with Gasteiger partial charge in [0, 0.05) is 0 Å². The summed E-state index contributed by atoms with van der Waals surface area (Å²) < 4.78 is 0. The Morgan fingerprint density at radius 3 is 0.571 bits per heavy atom. The Morgan fingerprint density at radius 1 is 0.429 bits per heavy atom. The third-order valence-corrected chi connectivity index (χ3v) is 15.6. The molecule has 0 atom stereocenters. The first-order chi connectivity index (χ1) is 6.69. The summed E-state index contributed by atoms with van der Waals surface area (Å²) in [5.74, 6) is 0. The second-order valence-electron chi connectivity index (χ2n) is 3.62. The molecule has 14 heavy (non-hydrogen) atoms. The van der Waals surface area contributed by atoms with Gasteiger partial charge in [0.15, 0.2) is 0 Å². The van der Waals surface area contributed by atoms with E-state index in [-0.39, 0.29) is 0 Å². The minimum atomic E-state index is -0.403. The fourth-order valence-electron chi connectivity index (χ4n) is 1.50. The molecule has 0 bridgehead atoms. The second-order valence-corrected chi connectivity index (χ2v) is 18.8. The van der Waals surface area contributed by atoms with E-state index in [2.05, 4.69) is 41.5 Å². The SMILES string of the molecule is C[CH2][Ge]([CH2]C)[CH2]C.C[CH2][Ge]([CH2]C)[CH2]C. The summed E-state index contributed by atoms with van der Waals surface area (Å²) in [6, 6.07) is 0. The van der Waals surface area contributed by atoms with Crippen LogP contribution in [0.3, 0.4) is 0 Å². The van der Waals surface area contributed by atoms with Gasteiger partial charge < -0.3 is 0 Å². The predicted molar refractivity (Wildman–Crippen MR) is 74.4 cm³/mol. The molecular formula is C12H30Ge2. The summed E-state index contributed by atoms with van der Waals surface area (Å²) in [5, 5.41) is 9.12. The molecule has 0 saturated heterocycles. The van der Waals surface area contributed by atoms with Crippen LogP contribution < -0.4 is 0 Å². The summed E-state index contributed by atoms with van der Waals surface area (Å²) in [4.78, 5) is 0. The van der Waals surface area contributed by atoms with Crippen LogP contribution in [0.25, 0.3) is 0 Å². The van der Waals surface area contributed by atoms with E-state index in [1.807, 2.05) is 0 Å². The molecule has 86 valence electrons. The van der Waals surface area contributed by atoms with Gasteiger partial charge in [0.05, 0.1) is 0 Å². The van der Waals surface area contributed by atoms with Crippen molar-refractivity contribution in [3.63, 3.8) is 0 Å². The molecule has 0 amide bonds. The Labute approximate surface area is 101 Å². The van der Waals surface area contributed by atoms with Gasteiger partial charge in [0.1, 0.15) is 0 Å². The van der Waals surface area contributed by atoms with Crippen molar-refractivity contribution in [2.75, 3.05) is 0 Å². The maximum absolute atomic E-state index is 2.34. The fraction of sp³-hybridized carbons (Fsp3) is 1.00. The summed E-state index contributed by atoms with van der Waals surface area (Å²) in [5.41, 5.74) is 0. The monoisotopic (exact) mass is 322 g/mol. The normalized spacial score (nSPS) is 10.3. The first-order valence-electron chi connectivity index (χ1n) is 6.36. The second kappa shape index (κ2) is 14.1. The molecule has 0 saturated carbocycles. The van der Waals surface area contributed by atoms with Crippen LogP contribution in [-0.4, -0.2) is 28.7 Å². The molecule has 0 unspecified atom stereocenters. The quantitative estimate of drug-likeness (QED) is 0.599. The van der Waals surface area contributed by atoms with E-state index in [1.54, 1.807) is 0 Å². The van der Waals surface area contributed by atoms with Crippen LogP contribution in [0.15, 0.2) is 0 Å². The Kier molecular flexibility index (Phi) is 17.6. The van der Waals surface area contributed by atoms with Crippen molar-refractivity contribution in [3.05, 3.63) is 0 Å². The van der Waals surface area contributed by atoms with Crippen molar-refractivity contribution >= 4 is 28.7 Å². The average molecular weight is 320 g/mol. The van der Waals surface area contributed by atoms with Crippen molar-refractivity contribution < 1.29 is 0 Å². The van der Waals surface area contributed by atoms with Crippen LogP contribution >= 0.6 is 0 Å². The molecule has 0 fully saturated rings. The third kappa shape index (κ3) is 11.2. The molecule has 0 aromatic heterocycles. The van der Waals surface area contributed by atoms with Crippen molar-refractivity contribution in [2.45, 2.75) is 73.1 Å². The zero-order valence-corrected chi connectivity index (χ0v) is 15.4. The van der Waals surface area contributed by atoms with Gasteiger partial charge in [-0.3, -0.25) is 0 Å². The Balaban J connectivity index is 0. The van der Waals surface area contributed by atoms with Crippen molar-refractivity contribution in [3.8, 4) is 0 Å². The van der Waals surface area contributed by atoms with Crippen molar-refractivity contribution in [1.29, 1.82) is 0 Å². The summed E-state index contributed by atoms with van der Waals surface area (Å²) in [7, 11) is 0. The fourth-order valence-corrected chi connectivity index (χ4v) is 7.79. The topological polar surface area (TPSA) is 0 Å². The van der Waals surface area contributed by atoms with Crippen LogP contribution in [-0.2, 0) is 0 Å². The van der Waals surface area contributed by atoms with Crippen LogP contribution in [0.5, 0.6) is 0 Å². The van der Waals surface area contributed by atoms with E-state index in [0.717, 1.165) is 0 Å². The maximum atomic E-state index is 2.34. The molecule has 0 aliphatic heterocycles. The van der Waals surface area contributed by atoms with Crippen molar-refractivity contribution in [2.24, 2.45) is 0 Å². The minimum absolute atomic E-state index is 0.403. The Morgan fingerprint density at radius 2 is 0.571 bits per heavy atom. The molecule has 0 aromatic rings. The first kappa shape index (κ1) is 17.5. The number of rotatable bonds is 6. The van der Waals surface area contributed by atoms with E-state index in [4.69, 9.17) is 0 Å². The molecule has 0 aliphatic rings. The molecular weight excluding hydrogens is 289 g/mol. The predicted octanol–water partition coefficient (Wildman–Crippen LogP) is 5.08. The van der Waals surface area contributed by atoms with Gasteiger partial charge in [-0.1, -0.05) is 0 Å². The van der Waals surface area contributed by atoms with E-state index < -0.39 is 28.7 Å². The van der Waals surface area contributed by atoms with Gasteiger partial charge in [0.25, 0.3) is 0 Å². The molecule has 2 heteroatoms. The molecule has 0 heterocycles. The van der Waals surface area contributed by atoms with Gasteiger partial charge in [-0.2, -0.15) is 0 Å². The van der Waals surface area contributed by atoms with Crippen LogP contribution in [0.2, 0.25) is 31.5 Å². The Hall–Kier alpha value is 1.09. The molecule has 0 aromatic carbocycles. The van der Waals surface area contributed by atoms with Gasteiger partial charge in [0.2, 0.25) is 0 Å². The van der Waals surface area contributed by atoms with Crippen LogP contribution in [0.1, 0.15) is 41.5 Å². The molecule has 0 nitrogen and oxygen atoms in total. The van der Waals surface area contributed by atoms with E-state index in [9.17, 15) is 0 Å². The van der Waals surface area contributed by atoms with E-state index in [0.29, 0.717) is 0 Å². The van der Waals surface area contributed by atoms with Gasteiger partial charge in [-0.25, -0.2) is 0 Å².